The summed E-state index contributed by atoms with van der Waals surface area (Å²) >= 11 is 1.83. The summed E-state index contributed by atoms with van der Waals surface area (Å²) in [6.07, 6.45) is 2.39. The molecular weight excluding hydrogens is 204 g/mol. The maximum Gasteiger partial charge on any atom is 0.0331 e. The van der Waals surface area contributed by atoms with E-state index < -0.39 is 0 Å². The van der Waals surface area contributed by atoms with Crippen LogP contribution in [0.4, 0.5) is 0 Å². The summed E-state index contributed by atoms with van der Waals surface area (Å²) in [4.78, 5) is 3.92. The molecule has 1 saturated carbocycles. The minimum absolute atomic E-state index is 0.127. The molecule has 1 aromatic rings. The Balaban J connectivity index is 1.94. The van der Waals surface area contributed by atoms with E-state index in [4.69, 9.17) is 5.73 Å². The lowest BCUT2D eigenvalue weighted by Crippen LogP contribution is -2.42. The molecule has 1 fully saturated rings. The fourth-order valence-corrected chi connectivity index (χ4v) is 2.48. The normalized spacial score (nSPS) is 18.7. The van der Waals surface area contributed by atoms with Crippen LogP contribution in [0.15, 0.2) is 17.5 Å². The van der Waals surface area contributed by atoms with Crippen LogP contribution < -0.4 is 5.73 Å². The van der Waals surface area contributed by atoms with Gasteiger partial charge in [-0.1, -0.05) is 6.07 Å². The van der Waals surface area contributed by atoms with Crippen LogP contribution in [0.25, 0.3) is 0 Å². The Kier molecular flexibility index (Phi) is 3.14. The van der Waals surface area contributed by atoms with Crippen molar-refractivity contribution in [2.24, 2.45) is 5.73 Å². The van der Waals surface area contributed by atoms with Crippen LogP contribution >= 0.6 is 11.3 Å². The van der Waals surface area contributed by atoms with Crippen LogP contribution in [0.2, 0.25) is 0 Å². The summed E-state index contributed by atoms with van der Waals surface area (Å²) in [5.41, 5.74) is 6.30. The van der Waals surface area contributed by atoms with Crippen molar-refractivity contribution in [2.45, 2.75) is 44.8 Å². The monoisotopic (exact) mass is 224 g/mol. The summed E-state index contributed by atoms with van der Waals surface area (Å²) in [6.45, 7) is 6.59. The Labute approximate surface area is 96.1 Å². The number of hydrogen-bond donors (Lipinski definition) is 1. The second-order valence-corrected chi connectivity index (χ2v) is 5.97. The molecule has 1 aromatic heterocycles. The Morgan fingerprint density at radius 3 is 2.73 bits per heavy atom. The van der Waals surface area contributed by atoms with Crippen LogP contribution in [0.5, 0.6) is 0 Å². The second-order valence-electron chi connectivity index (χ2n) is 4.94. The number of rotatable bonds is 5. The molecule has 1 aliphatic rings. The van der Waals surface area contributed by atoms with Gasteiger partial charge in [-0.05, 0) is 38.1 Å². The van der Waals surface area contributed by atoms with Crippen LogP contribution in [-0.2, 0) is 6.54 Å². The first-order valence-corrected chi connectivity index (χ1v) is 6.52. The average Bonchev–Trinajstić information content (AvgIpc) is 2.70. The number of hydrogen-bond acceptors (Lipinski definition) is 3. The fraction of sp³-hybridized carbons (Fsp3) is 0.667. The van der Waals surface area contributed by atoms with E-state index in [2.05, 4.69) is 36.3 Å². The Bertz CT molecular complexity index is 301. The van der Waals surface area contributed by atoms with Gasteiger partial charge in [0.05, 0.1) is 0 Å². The SMILES string of the molecule is CC(C)N(Cc1cccs1)CC1(N)CC1. The predicted octanol–water partition coefficient (Wildman–Crippen LogP) is 2.45. The highest BCUT2D eigenvalue weighted by atomic mass is 32.1. The van der Waals surface area contributed by atoms with Crippen molar-refractivity contribution in [1.82, 2.24) is 4.90 Å². The third kappa shape index (κ3) is 3.03. The molecule has 0 bridgehead atoms. The molecule has 15 heavy (non-hydrogen) atoms. The van der Waals surface area contributed by atoms with E-state index in [0.29, 0.717) is 6.04 Å². The fourth-order valence-electron chi connectivity index (χ4n) is 1.75. The molecule has 3 heteroatoms. The zero-order valence-corrected chi connectivity index (χ0v) is 10.4. The van der Waals surface area contributed by atoms with Gasteiger partial charge in [-0.2, -0.15) is 0 Å². The van der Waals surface area contributed by atoms with Crippen molar-refractivity contribution in [2.75, 3.05) is 6.54 Å². The Hall–Kier alpha value is -0.380. The van der Waals surface area contributed by atoms with E-state index in [1.54, 1.807) is 0 Å². The molecular formula is C12H20N2S. The first-order valence-electron chi connectivity index (χ1n) is 5.64. The van der Waals surface area contributed by atoms with Gasteiger partial charge < -0.3 is 5.73 Å². The smallest absolute Gasteiger partial charge is 0.0331 e. The third-order valence-corrected chi connectivity index (χ3v) is 3.94. The molecule has 1 heterocycles. The highest BCUT2D eigenvalue weighted by Gasteiger charge is 2.40. The summed E-state index contributed by atoms with van der Waals surface area (Å²) in [5, 5.41) is 2.14. The molecule has 0 aromatic carbocycles. The molecule has 84 valence electrons. The first kappa shape index (κ1) is 11.1. The van der Waals surface area contributed by atoms with Crippen molar-refractivity contribution in [1.29, 1.82) is 0 Å². The van der Waals surface area contributed by atoms with Crippen molar-refractivity contribution in [3.63, 3.8) is 0 Å². The summed E-state index contributed by atoms with van der Waals surface area (Å²) in [7, 11) is 0. The van der Waals surface area contributed by atoms with Crippen molar-refractivity contribution < 1.29 is 0 Å². The van der Waals surface area contributed by atoms with Gasteiger partial charge >= 0.3 is 0 Å². The van der Waals surface area contributed by atoms with E-state index >= 15 is 0 Å². The highest BCUT2D eigenvalue weighted by Crippen LogP contribution is 2.34. The van der Waals surface area contributed by atoms with Gasteiger partial charge in [-0.15, -0.1) is 11.3 Å². The van der Waals surface area contributed by atoms with Gasteiger partial charge in [-0.3, -0.25) is 4.90 Å². The molecule has 2 nitrogen and oxygen atoms in total. The van der Waals surface area contributed by atoms with Gasteiger partial charge in [0, 0.05) is 29.5 Å². The van der Waals surface area contributed by atoms with Crippen LogP contribution in [0.1, 0.15) is 31.6 Å². The van der Waals surface area contributed by atoms with Crippen LogP contribution in [-0.4, -0.2) is 23.0 Å². The minimum atomic E-state index is 0.127. The van der Waals surface area contributed by atoms with Crippen LogP contribution in [0.3, 0.4) is 0 Å². The van der Waals surface area contributed by atoms with E-state index in [9.17, 15) is 0 Å². The number of nitrogens with two attached hydrogens (primary N) is 1. The van der Waals surface area contributed by atoms with Crippen molar-refractivity contribution in [3.05, 3.63) is 22.4 Å². The van der Waals surface area contributed by atoms with Gasteiger partial charge in [0.25, 0.3) is 0 Å². The first-order chi connectivity index (χ1) is 7.09. The zero-order chi connectivity index (χ0) is 10.9. The Morgan fingerprint density at radius 2 is 2.27 bits per heavy atom. The molecule has 0 spiro atoms. The zero-order valence-electron chi connectivity index (χ0n) is 9.57. The quantitative estimate of drug-likeness (QED) is 0.832. The van der Waals surface area contributed by atoms with Gasteiger partial charge in [0.2, 0.25) is 0 Å². The molecule has 0 aliphatic heterocycles. The molecule has 0 saturated heterocycles. The molecule has 0 radical (unpaired) electrons. The Morgan fingerprint density at radius 1 is 1.53 bits per heavy atom. The lowest BCUT2D eigenvalue weighted by Gasteiger charge is -2.28. The molecule has 0 unspecified atom stereocenters. The second kappa shape index (κ2) is 4.24. The van der Waals surface area contributed by atoms with Crippen LogP contribution in [0, 0.1) is 0 Å². The van der Waals surface area contributed by atoms with E-state index in [-0.39, 0.29) is 5.54 Å². The molecule has 2 rings (SSSR count). The summed E-state index contributed by atoms with van der Waals surface area (Å²) in [6, 6.07) is 4.90. The largest absolute Gasteiger partial charge is 0.324 e. The van der Waals surface area contributed by atoms with E-state index in [1.165, 1.54) is 17.7 Å². The molecule has 0 amide bonds. The lowest BCUT2D eigenvalue weighted by atomic mass is 10.2. The van der Waals surface area contributed by atoms with Gasteiger partial charge in [0.15, 0.2) is 0 Å². The van der Waals surface area contributed by atoms with E-state index in [0.717, 1.165) is 13.1 Å². The molecule has 0 atom stereocenters. The minimum Gasteiger partial charge on any atom is -0.324 e. The average molecular weight is 224 g/mol. The standard InChI is InChI=1S/C12H20N2S/c1-10(2)14(9-12(13)5-6-12)8-11-4-3-7-15-11/h3-4,7,10H,5-6,8-9,13H2,1-2H3. The lowest BCUT2D eigenvalue weighted by molar-refractivity contribution is 0.196. The van der Waals surface area contributed by atoms with Crippen molar-refractivity contribution in [3.8, 4) is 0 Å². The van der Waals surface area contributed by atoms with Gasteiger partial charge in [0.1, 0.15) is 0 Å². The number of thiophene rings is 1. The number of nitrogens with zero attached hydrogens (tertiary/aromatic N) is 1. The maximum atomic E-state index is 6.18. The highest BCUT2D eigenvalue weighted by molar-refractivity contribution is 7.09. The van der Waals surface area contributed by atoms with E-state index in [1.807, 2.05) is 11.3 Å². The molecule has 2 N–H and O–H groups in total. The summed E-state index contributed by atoms with van der Waals surface area (Å²) in [5.74, 6) is 0. The predicted molar refractivity (Wildman–Crippen MR) is 66.0 cm³/mol. The topological polar surface area (TPSA) is 29.3 Å². The molecule has 1 aliphatic carbocycles. The third-order valence-electron chi connectivity index (χ3n) is 3.08. The van der Waals surface area contributed by atoms with Gasteiger partial charge in [-0.25, -0.2) is 0 Å². The summed E-state index contributed by atoms with van der Waals surface area (Å²) < 4.78 is 0. The maximum absolute atomic E-state index is 6.18. The van der Waals surface area contributed by atoms with Crippen molar-refractivity contribution >= 4 is 11.3 Å².